The van der Waals surface area contributed by atoms with E-state index < -0.39 is 0 Å². The van der Waals surface area contributed by atoms with Crippen LogP contribution in [0.3, 0.4) is 0 Å². The molecule has 1 aromatic rings. The second-order valence-electron chi connectivity index (χ2n) is 2.59. The van der Waals surface area contributed by atoms with Crippen molar-refractivity contribution in [3.05, 3.63) is 28.3 Å². The van der Waals surface area contributed by atoms with Gasteiger partial charge in [0.2, 0.25) is 0 Å². The number of benzene rings is 1. The minimum Gasteiger partial charge on any atom is -0.399 e. The molecule has 0 aliphatic rings. The highest BCUT2D eigenvalue weighted by Gasteiger charge is 2.15. The lowest BCUT2D eigenvalue weighted by atomic mass is 10.0. The third-order valence-electron chi connectivity index (χ3n) is 1.63. The van der Waals surface area contributed by atoms with E-state index in [1.807, 2.05) is 6.07 Å². The Morgan fingerprint density at radius 3 is 2.71 bits per heavy atom. The molecule has 0 aliphatic carbocycles. The van der Waals surface area contributed by atoms with Crippen LogP contribution >= 0.6 is 23.2 Å². The number of ketones is 1. The number of nitrogen functional groups attached to an aromatic ring is 1. The third kappa shape index (κ3) is 1.98. The molecule has 0 heterocycles. The number of nitriles is 1. The van der Waals surface area contributed by atoms with Gasteiger partial charge in [-0.3, -0.25) is 4.79 Å². The lowest BCUT2D eigenvalue weighted by Gasteiger charge is -2.04. The Hall–Kier alpha value is -1.24. The van der Waals surface area contributed by atoms with E-state index in [1.165, 1.54) is 12.1 Å². The molecule has 0 bridgehead atoms. The maximum Gasteiger partial charge on any atom is 0.180 e. The van der Waals surface area contributed by atoms with Crippen molar-refractivity contribution in [2.75, 3.05) is 11.6 Å². The predicted octanol–water partition coefficient (Wildman–Crippen LogP) is 2.22. The zero-order valence-corrected chi connectivity index (χ0v) is 8.56. The molecule has 3 nitrogen and oxygen atoms in total. The summed E-state index contributed by atoms with van der Waals surface area (Å²) in [6.45, 7) is 0. The van der Waals surface area contributed by atoms with Crippen LogP contribution in [0.25, 0.3) is 0 Å². The van der Waals surface area contributed by atoms with E-state index in [-0.39, 0.29) is 27.8 Å². The predicted molar refractivity (Wildman–Crippen MR) is 55.6 cm³/mol. The van der Waals surface area contributed by atoms with Crippen LogP contribution in [0.4, 0.5) is 5.69 Å². The van der Waals surface area contributed by atoms with Crippen LogP contribution in [-0.4, -0.2) is 11.7 Å². The summed E-state index contributed by atoms with van der Waals surface area (Å²) in [4.78, 5) is 11.3. The van der Waals surface area contributed by atoms with Crippen LogP contribution in [0, 0.1) is 11.3 Å². The number of anilines is 1. The standard InChI is InChI=1S/C9H6Cl2N2O/c10-3-8(14)9-5(4-12)1-6(13)2-7(9)11/h1-2H,3,13H2. The number of nitrogens with zero attached hydrogens (tertiary/aromatic N) is 1. The number of nitrogens with two attached hydrogens (primary N) is 1. The Morgan fingerprint density at radius 2 is 2.21 bits per heavy atom. The van der Waals surface area contributed by atoms with Gasteiger partial charge in [-0.25, -0.2) is 0 Å². The van der Waals surface area contributed by atoms with Crippen LogP contribution in [-0.2, 0) is 0 Å². The number of alkyl halides is 1. The maximum absolute atomic E-state index is 11.3. The summed E-state index contributed by atoms with van der Waals surface area (Å²) in [6.07, 6.45) is 0. The van der Waals surface area contributed by atoms with Crippen molar-refractivity contribution in [2.45, 2.75) is 0 Å². The van der Waals surface area contributed by atoms with Crippen molar-refractivity contribution >= 4 is 34.7 Å². The molecular formula is C9H6Cl2N2O. The number of hydrogen-bond donors (Lipinski definition) is 1. The fourth-order valence-electron chi connectivity index (χ4n) is 1.07. The molecule has 0 saturated carbocycles. The Kier molecular flexibility index (Phi) is 3.34. The number of halogens is 2. The number of carbonyl (C=O) groups excluding carboxylic acids is 1. The molecule has 0 spiro atoms. The van der Waals surface area contributed by atoms with Gasteiger partial charge in [-0.05, 0) is 12.1 Å². The van der Waals surface area contributed by atoms with E-state index >= 15 is 0 Å². The Labute approximate surface area is 91.0 Å². The fourth-order valence-corrected chi connectivity index (χ4v) is 1.53. The van der Waals surface area contributed by atoms with Gasteiger partial charge in [-0.15, -0.1) is 11.6 Å². The average Bonchev–Trinajstić information content (AvgIpc) is 2.15. The topological polar surface area (TPSA) is 66.9 Å². The molecule has 5 heteroatoms. The van der Waals surface area contributed by atoms with Gasteiger partial charge in [0, 0.05) is 5.69 Å². The van der Waals surface area contributed by atoms with Gasteiger partial charge < -0.3 is 5.73 Å². The van der Waals surface area contributed by atoms with Crippen LogP contribution in [0.1, 0.15) is 15.9 Å². The van der Waals surface area contributed by atoms with E-state index in [9.17, 15) is 4.79 Å². The maximum atomic E-state index is 11.3. The molecule has 0 fully saturated rings. The zero-order valence-electron chi connectivity index (χ0n) is 7.05. The van der Waals surface area contributed by atoms with Gasteiger partial charge in [0.05, 0.1) is 22.0 Å². The molecule has 0 saturated heterocycles. The molecule has 0 aliphatic heterocycles. The summed E-state index contributed by atoms with van der Waals surface area (Å²) in [5.41, 5.74) is 6.10. The quantitative estimate of drug-likeness (QED) is 0.480. The number of rotatable bonds is 2. The third-order valence-corrected chi connectivity index (χ3v) is 2.17. The monoisotopic (exact) mass is 228 g/mol. The normalized spacial score (nSPS) is 9.50. The second-order valence-corrected chi connectivity index (χ2v) is 3.27. The van der Waals surface area contributed by atoms with E-state index in [4.69, 9.17) is 34.2 Å². The first kappa shape index (κ1) is 10.8. The summed E-state index contributed by atoms with van der Waals surface area (Å²) in [7, 11) is 0. The minimum atomic E-state index is -0.381. The van der Waals surface area contributed by atoms with Crippen molar-refractivity contribution in [3.63, 3.8) is 0 Å². The first-order chi connectivity index (χ1) is 6.60. The van der Waals surface area contributed by atoms with Gasteiger partial charge in [-0.2, -0.15) is 5.26 Å². The van der Waals surface area contributed by atoms with Gasteiger partial charge in [0.15, 0.2) is 5.78 Å². The Bertz CT molecular complexity index is 424. The summed E-state index contributed by atoms with van der Waals surface area (Å²) in [5.74, 6) is -0.591. The van der Waals surface area contributed by atoms with Crippen LogP contribution < -0.4 is 5.73 Å². The summed E-state index contributed by atoms with van der Waals surface area (Å²) in [6, 6.07) is 4.66. The Morgan fingerprint density at radius 1 is 1.57 bits per heavy atom. The van der Waals surface area contributed by atoms with Crippen molar-refractivity contribution in [2.24, 2.45) is 0 Å². The summed E-state index contributed by atoms with van der Waals surface area (Å²) >= 11 is 11.2. The number of hydrogen-bond acceptors (Lipinski definition) is 3. The van der Waals surface area contributed by atoms with E-state index in [2.05, 4.69) is 0 Å². The second kappa shape index (κ2) is 4.32. The molecule has 2 N–H and O–H groups in total. The van der Waals surface area contributed by atoms with Crippen LogP contribution in [0.15, 0.2) is 12.1 Å². The van der Waals surface area contributed by atoms with Gasteiger partial charge in [0.1, 0.15) is 6.07 Å². The van der Waals surface area contributed by atoms with Crippen LogP contribution in [0.2, 0.25) is 5.02 Å². The van der Waals surface area contributed by atoms with Gasteiger partial charge in [-0.1, -0.05) is 11.6 Å². The molecule has 0 amide bonds. The van der Waals surface area contributed by atoms with Crippen LogP contribution in [0.5, 0.6) is 0 Å². The molecule has 72 valence electrons. The summed E-state index contributed by atoms with van der Waals surface area (Å²) < 4.78 is 0. The van der Waals surface area contributed by atoms with Crippen molar-refractivity contribution in [1.29, 1.82) is 5.26 Å². The first-order valence-electron chi connectivity index (χ1n) is 3.68. The zero-order chi connectivity index (χ0) is 10.7. The molecule has 1 aromatic carbocycles. The molecule has 0 atom stereocenters. The minimum absolute atomic E-state index is 0.137. The molecule has 0 unspecified atom stereocenters. The fraction of sp³-hybridized carbons (Fsp3) is 0.111. The lowest BCUT2D eigenvalue weighted by Crippen LogP contribution is -2.05. The van der Waals surface area contributed by atoms with Crippen molar-refractivity contribution in [1.82, 2.24) is 0 Å². The average molecular weight is 229 g/mol. The molecule has 0 radical (unpaired) electrons. The number of carbonyl (C=O) groups is 1. The SMILES string of the molecule is N#Cc1cc(N)cc(Cl)c1C(=O)CCl. The Balaban J connectivity index is 3.42. The smallest absolute Gasteiger partial charge is 0.180 e. The van der Waals surface area contributed by atoms with Crippen molar-refractivity contribution in [3.8, 4) is 6.07 Å². The first-order valence-corrected chi connectivity index (χ1v) is 4.59. The van der Waals surface area contributed by atoms with Gasteiger partial charge in [0.25, 0.3) is 0 Å². The largest absolute Gasteiger partial charge is 0.399 e. The highest BCUT2D eigenvalue weighted by molar-refractivity contribution is 6.38. The lowest BCUT2D eigenvalue weighted by molar-refractivity contribution is 0.102. The highest BCUT2D eigenvalue weighted by atomic mass is 35.5. The van der Waals surface area contributed by atoms with Crippen molar-refractivity contribution < 1.29 is 4.79 Å². The summed E-state index contributed by atoms with van der Waals surface area (Å²) in [5, 5.41) is 8.91. The van der Waals surface area contributed by atoms with E-state index in [0.717, 1.165) is 0 Å². The van der Waals surface area contributed by atoms with E-state index in [0.29, 0.717) is 5.69 Å². The molecule has 1 rings (SSSR count). The molecular weight excluding hydrogens is 223 g/mol. The highest BCUT2D eigenvalue weighted by Crippen LogP contribution is 2.24. The van der Waals surface area contributed by atoms with E-state index in [1.54, 1.807) is 0 Å². The van der Waals surface area contributed by atoms with Gasteiger partial charge >= 0.3 is 0 Å². The number of Topliss-reactive ketones (excluding diaryl/α,β-unsaturated/α-hetero) is 1. The molecule has 14 heavy (non-hydrogen) atoms. The molecule has 0 aromatic heterocycles.